The minimum absolute atomic E-state index is 0.116. The first-order valence-electron chi connectivity index (χ1n) is 9.54. The van der Waals surface area contributed by atoms with Crippen LogP contribution in [0.5, 0.6) is 0 Å². The van der Waals surface area contributed by atoms with Crippen molar-refractivity contribution in [3.63, 3.8) is 0 Å². The number of hydrogen-bond donors (Lipinski definition) is 0. The number of benzene rings is 2. The first kappa shape index (κ1) is 21.2. The minimum Gasteiger partial charge on any atom is -0.295 e. The van der Waals surface area contributed by atoms with Crippen molar-refractivity contribution in [3.05, 3.63) is 86.5 Å². The minimum atomic E-state index is -0.386. The van der Waals surface area contributed by atoms with Crippen molar-refractivity contribution in [1.29, 1.82) is 5.26 Å². The van der Waals surface area contributed by atoms with Gasteiger partial charge in [-0.2, -0.15) is 5.26 Å². The van der Waals surface area contributed by atoms with Crippen LogP contribution in [0.25, 0.3) is 21.3 Å². The predicted octanol–water partition coefficient (Wildman–Crippen LogP) is 5.07. The third kappa shape index (κ3) is 4.23. The summed E-state index contributed by atoms with van der Waals surface area (Å²) in [6.45, 7) is 0.386. The summed E-state index contributed by atoms with van der Waals surface area (Å²) < 4.78 is 15.6. The number of nitriles is 1. The van der Waals surface area contributed by atoms with Gasteiger partial charge < -0.3 is 0 Å². The molecule has 0 amide bonds. The van der Waals surface area contributed by atoms with Crippen molar-refractivity contribution in [1.82, 2.24) is 14.5 Å². The standard InChI is InChI=1S/C23H18ClFN4OS/c1-28(12-16-18(24)8-5-9-19(16)25)13-20-27-22-21(23(30)29(20)11-10-26)17(14-31-22)15-6-3-2-4-7-15/h2-9,14H,11-13H2,1H3. The summed E-state index contributed by atoms with van der Waals surface area (Å²) in [4.78, 5) is 20.4. The maximum Gasteiger partial charge on any atom is 0.263 e. The van der Waals surface area contributed by atoms with Crippen molar-refractivity contribution in [3.8, 4) is 17.2 Å². The van der Waals surface area contributed by atoms with Crippen LogP contribution < -0.4 is 5.56 Å². The molecule has 0 aliphatic heterocycles. The Kier molecular flexibility index (Phi) is 6.14. The lowest BCUT2D eigenvalue weighted by molar-refractivity contribution is 0.299. The topological polar surface area (TPSA) is 61.9 Å². The highest BCUT2D eigenvalue weighted by Crippen LogP contribution is 2.31. The van der Waals surface area contributed by atoms with Crippen LogP contribution in [0.3, 0.4) is 0 Å². The zero-order chi connectivity index (χ0) is 22.0. The zero-order valence-electron chi connectivity index (χ0n) is 16.7. The number of hydrogen-bond acceptors (Lipinski definition) is 5. The van der Waals surface area contributed by atoms with Gasteiger partial charge in [-0.1, -0.05) is 48.0 Å². The Balaban J connectivity index is 1.74. The Morgan fingerprint density at radius 3 is 2.68 bits per heavy atom. The second kappa shape index (κ2) is 8.98. The highest BCUT2D eigenvalue weighted by Gasteiger charge is 2.19. The highest BCUT2D eigenvalue weighted by atomic mass is 35.5. The Hall–Kier alpha value is -3.05. The molecule has 0 bridgehead atoms. The van der Waals surface area contributed by atoms with Gasteiger partial charge in [-0.15, -0.1) is 11.3 Å². The van der Waals surface area contributed by atoms with Gasteiger partial charge in [-0.25, -0.2) is 9.37 Å². The fourth-order valence-corrected chi connectivity index (χ4v) is 4.68. The number of thiophene rings is 1. The van der Waals surface area contributed by atoms with Crippen molar-refractivity contribution in [2.45, 2.75) is 19.6 Å². The first-order valence-corrected chi connectivity index (χ1v) is 10.8. The molecule has 0 fully saturated rings. The summed E-state index contributed by atoms with van der Waals surface area (Å²) in [6.07, 6.45) is 0. The second-order valence-corrected chi connectivity index (χ2v) is 8.41. The Morgan fingerprint density at radius 2 is 1.97 bits per heavy atom. The summed E-state index contributed by atoms with van der Waals surface area (Å²) in [5.41, 5.74) is 1.86. The largest absolute Gasteiger partial charge is 0.295 e. The van der Waals surface area contributed by atoms with Crippen molar-refractivity contribution >= 4 is 33.2 Å². The number of rotatable bonds is 6. The van der Waals surface area contributed by atoms with E-state index in [1.807, 2.05) is 46.7 Å². The average molecular weight is 453 g/mol. The van der Waals surface area contributed by atoms with Crippen molar-refractivity contribution < 1.29 is 4.39 Å². The number of aromatic nitrogens is 2. The average Bonchev–Trinajstić information content (AvgIpc) is 3.18. The Labute approximate surface area is 187 Å². The normalized spacial score (nSPS) is 11.2. The molecule has 5 nitrogen and oxygen atoms in total. The Bertz CT molecular complexity index is 1320. The molecule has 4 rings (SSSR count). The van der Waals surface area contributed by atoms with Gasteiger partial charge in [0.25, 0.3) is 5.56 Å². The first-order chi connectivity index (χ1) is 15.0. The van der Waals surface area contributed by atoms with Crippen LogP contribution >= 0.6 is 22.9 Å². The highest BCUT2D eigenvalue weighted by molar-refractivity contribution is 7.17. The van der Waals surface area contributed by atoms with E-state index in [-0.39, 0.29) is 31.0 Å². The predicted molar refractivity (Wildman–Crippen MR) is 122 cm³/mol. The van der Waals surface area contributed by atoms with E-state index in [1.165, 1.54) is 22.0 Å². The summed E-state index contributed by atoms with van der Waals surface area (Å²) in [5, 5.41) is 12.1. The third-order valence-corrected chi connectivity index (χ3v) is 6.21. The van der Waals surface area contributed by atoms with E-state index in [0.717, 1.165) is 11.1 Å². The number of nitrogens with zero attached hydrogens (tertiary/aromatic N) is 4. The summed E-state index contributed by atoms with van der Waals surface area (Å²) in [6, 6.07) is 16.2. The van der Waals surface area contributed by atoms with Gasteiger partial charge in [-0.05, 0) is 24.7 Å². The maximum absolute atomic E-state index is 14.2. The van der Waals surface area contributed by atoms with E-state index in [0.29, 0.717) is 26.6 Å². The summed E-state index contributed by atoms with van der Waals surface area (Å²) >= 11 is 7.54. The van der Waals surface area contributed by atoms with Gasteiger partial charge in [-0.3, -0.25) is 14.3 Å². The lowest BCUT2D eigenvalue weighted by Gasteiger charge is -2.19. The van der Waals surface area contributed by atoms with E-state index in [2.05, 4.69) is 4.98 Å². The molecule has 0 spiro atoms. The molecule has 8 heteroatoms. The van der Waals surface area contributed by atoms with Gasteiger partial charge >= 0.3 is 0 Å². The third-order valence-electron chi connectivity index (χ3n) is 4.99. The molecule has 0 radical (unpaired) electrons. The van der Waals surface area contributed by atoms with Gasteiger partial charge in [0.2, 0.25) is 0 Å². The molecule has 0 saturated heterocycles. The van der Waals surface area contributed by atoms with E-state index >= 15 is 0 Å². The van der Waals surface area contributed by atoms with Crippen LogP contribution in [0.15, 0.2) is 58.7 Å². The van der Waals surface area contributed by atoms with Crippen LogP contribution in [-0.4, -0.2) is 21.5 Å². The molecular formula is C23H18ClFN4OS. The van der Waals surface area contributed by atoms with E-state index in [1.54, 1.807) is 19.2 Å². The lowest BCUT2D eigenvalue weighted by atomic mass is 10.1. The lowest BCUT2D eigenvalue weighted by Crippen LogP contribution is -2.29. The fraction of sp³-hybridized carbons (Fsp3) is 0.174. The van der Waals surface area contributed by atoms with Crippen LogP contribution in [0.1, 0.15) is 11.4 Å². The molecule has 2 heterocycles. The molecule has 31 heavy (non-hydrogen) atoms. The SMILES string of the molecule is CN(Cc1c(F)cccc1Cl)Cc1nc2scc(-c3ccccc3)c2c(=O)n1CC#N. The molecule has 0 atom stereocenters. The van der Waals surface area contributed by atoms with Crippen molar-refractivity contribution in [2.75, 3.05) is 7.05 Å². The van der Waals surface area contributed by atoms with Crippen molar-refractivity contribution in [2.24, 2.45) is 0 Å². The molecule has 0 aliphatic rings. The summed E-state index contributed by atoms with van der Waals surface area (Å²) in [5.74, 6) is 0.0680. The van der Waals surface area contributed by atoms with Crippen LogP contribution in [0.2, 0.25) is 5.02 Å². The number of fused-ring (bicyclic) bond motifs is 1. The molecule has 2 aromatic carbocycles. The second-order valence-electron chi connectivity index (χ2n) is 7.15. The van der Waals surface area contributed by atoms with E-state index in [4.69, 9.17) is 11.6 Å². The van der Waals surface area contributed by atoms with Gasteiger partial charge in [0, 0.05) is 28.1 Å². The van der Waals surface area contributed by atoms with Crippen LogP contribution in [0, 0.1) is 17.1 Å². The van der Waals surface area contributed by atoms with E-state index < -0.39 is 0 Å². The van der Waals surface area contributed by atoms with Crippen LogP contribution in [0.4, 0.5) is 4.39 Å². The van der Waals surface area contributed by atoms with Gasteiger partial charge in [0.15, 0.2) is 0 Å². The van der Waals surface area contributed by atoms with Crippen LogP contribution in [-0.2, 0) is 19.6 Å². The molecular weight excluding hydrogens is 435 g/mol. The number of halogens is 2. The van der Waals surface area contributed by atoms with Gasteiger partial charge in [0.1, 0.15) is 23.0 Å². The Morgan fingerprint density at radius 1 is 1.19 bits per heavy atom. The zero-order valence-corrected chi connectivity index (χ0v) is 18.3. The molecule has 156 valence electrons. The molecule has 4 aromatic rings. The summed E-state index contributed by atoms with van der Waals surface area (Å²) in [7, 11) is 1.79. The van der Waals surface area contributed by atoms with E-state index in [9.17, 15) is 14.4 Å². The maximum atomic E-state index is 14.2. The fourth-order valence-electron chi connectivity index (χ4n) is 3.50. The molecule has 2 aromatic heterocycles. The molecule has 0 saturated carbocycles. The molecule has 0 aliphatic carbocycles. The van der Waals surface area contributed by atoms with Gasteiger partial charge in [0.05, 0.1) is 18.0 Å². The monoisotopic (exact) mass is 452 g/mol. The smallest absolute Gasteiger partial charge is 0.263 e. The molecule has 0 unspecified atom stereocenters. The molecule has 0 N–H and O–H groups in total. The quantitative estimate of drug-likeness (QED) is 0.409.